The maximum absolute atomic E-state index is 11.5. The van der Waals surface area contributed by atoms with E-state index >= 15 is 0 Å². The van der Waals surface area contributed by atoms with Crippen molar-refractivity contribution in [3.8, 4) is 0 Å². The molecule has 0 spiro atoms. The van der Waals surface area contributed by atoms with Crippen LogP contribution in [0.15, 0.2) is 0 Å². The molecule has 1 fully saturated rings. The first-order chi connectivity index (χ1) is 8.08. The molecule has 0 aromatic rings. The van der Waals surface area contributed by atoms with Gasteiger partial charge in [-0.2, -0.15) is 0 Å². The van der Waals surface area contributed by atoms with Crippen LogP contribution in [0.5, 0.6) is 0 Å². The van der Waals surface area contributed by atoms with Crippen LogP contribution < -0.4 is 16.7 Å². The summed E-state index contributed by atoms with van der Waals surface area (Å²) < 4.78 is 0. The summed E-state index contributed by atoms with van der Waals surface area (Å²) in [4.78, 5) is 39.7. The third-order valence-electron chi connectivity index (χ3n) is 2.52. The first-order valence-electron chi connectivity index (χ1n) is 5.31. The lowest BCUT2D eigenvalue weighted by atomic mass is 10.1. The minimum atomic E-state index is -0.541. The van der Waals surface area contributed by atoms with Crippen molar-refractivity contribution in [1.82, 2.24) is 15.8 Å². The van der Waals surface area contributed by atoms with Crippen molar-refractivity contribution in [3.05, 3.63) is 0 Å². The first kappa shape index (κ1) is 13.6. The van der Waals surface area contributed by atoms with Gasteiger partial charge in [-0.25, -0.2) is 5.84 Å². The molecule has 0 aromatic carbocycles. The van der Waals surface area contributed by atoms with Crippen LogP contribution in [-0.2, 0) is 19.2 Å². The lowest BCUT2D eigenvalue weighted by Crippen LogP contribution is -2.58. The van der Waals surface area contributed by atoms with Gasteiger partial charge >= 0.3 is 5.97 Å². The zero-order valence-electron chi connectivity index (χ0n) is 9.56. The fourth-order valence-corrected chi connectivity index (χ4v) is 1.75. The van der Waals surface area contributed by atoms with Gasteiger partial charge in [0.15, 0.2) is 0 Å². The largest absolute Gasteiger partial charge is 0.356 e. The summed E-state index contributed by atoms with van der Waals surface area (Å²) in [6.07, 6.45) is 0.630. The van der Waals surface area contributed by atoms with E-state index in [1.165, 1.54) is 0 Å². The van der Waals surface area contributed by atoms with Gasteiger partial charge in [-0.05, 0) is 6.42 Å². The van der Waals surface area contributed by atoms with Gasteiger partial charge in [0.1, 0.15) is 0 Å². The van der Waals surface area contributed by atoms with E-state index < -0.39 is 5.97 Å². The summed E-state index contributed by atoms with van der Waals surface area (Å²) in [5.74, 6) is 3.59. The number of nitrogens with zero attached hydrogens (tertiary/aromatic N) is 1. The number of hydrogen-bond donors (Lipinski definition) is 3. The predicted molar refractivity (Wildman–Crippen MR) is 56.8 cm³/mol. The Labute approximate surface area is 98.4 Å². The molecule has 8 heteroatoms. The van der Waals surface area contributed by atoms with Crippen molar-refractivity contribution < 1.29 is 19.2 Å². The first-order valence-corrected chi connectivity index (χ1v) is 5.31. The Hall–Kier alpha value is -1.51. The second-order valence-corrected chi connectivity index (χ2v) is 3.65. The van der Waals surface area contributed by atoms with E-state index in [1.54, 1.807) is 10.5 Å². The van der Waals surface area contributed by atoms with Crippen molar-refractivity contribution in [2.75, 3.05) is 13.1 Å². The van der Waals surface area contributed by atoms with Crippen molar-refractivity contribution in [2.24, 2.45) is 5.84 Å². The van der Waals surface area contributed by atoms with E-state index in [9.17, 15) is 14.4 Å². The highest BCUT2D eigenvalue weighted by atomic mass is 16.7. The fraction of sp³-hybridized carbons (Fsp3) is 0.667. The third kappa shape index (κ3) is 3.77. The summed E-state index contributed by atoms with van der Waals surface area (Å²) in [7, 11) is 0. The van der Waals surface area contributed by atoms with Gasteiger partial charge in [0.25, 0.3) is 0 Å². The molecule has 0 aliphatic carbocycles. The highest BCUT2D eigenvalue weighted by Crippen LogP contribution is 2.09. The monoisotopic (exact) mass is 244 g/mol. The summed E-state index contributed by atoms with van der Waals surface area (Å²) in [5.41, 5.74) is 1.78. The Morgan fingerprint density at radius 2 is 2.35 bits per heavy atom. The van der Waals surface area contributed by atoms with Gasteiger partial charge in [-0.1, -0.05) is 12.5 Å². The molecule has 96 valence electrons. The Morgan fingerprint density at radius 3 is 2.94 bits per heavy atom. The van der Waals surface area contributed by atoms with E-state index in [0.29, 0.717) is 6.42 Å². The van der Waals surface area contributed by atoms with Gasteiger partial charge in [0.2, 0.25) is 11.8 Å². The number of amides is 2. The van der Waals surface area contributed by atoms with Crippen LogP contribution in [0.25, 0.3) is 0 Å². The smallest absolute Gasteiger partial charge is 0.327 e. The number of carbonyl (C=O) groups excluding carboxylic acids is 3. The topological polar surface area (TPSA) is 114 Å². The Balaban J connectivity index is 2.51. The van der Waals surface area contributed by atoms with Gasteiger partial charge in [0, 0.05) is 6.54 Å². The van der Waals surface area contributed by atoms with Crippen LogP contribution in [0.3, 0.4) is 0 Å². The zero-order chi connectivity index (χ0) is 12.8. The maximum atomic E-state index is 11.5. The SMILES string of the molecule is CCC1C(=O)NC(=O)CN1CCC(=O)ONN. The number of hydrogen-bond acceptors (Lipinski definition) is 7. The molecule has 8 nitrogen and oxygen atoms in total. The minimum Gasteiger partial charge on any atom is -0.356 e. The molecule has 1 heterocycles. The summed E-state index contributed by atoms with van der Waals surface area (Å²) >= 11 is 0. The average Bonchev–Trinajstić information content (AvgIpc) is 2.26. The Bertz CT molecular complexity index is 320. The Kier molecular flexibility index (Phi) is 5.01. The number of hydrazine groups is 1. The van der Waals surface area contributed by atoms with E-state index in [0.717, 1.165) is 0 Å². The number of nitrogens with two attached hydrogens (primary N) is 1. The molecule has 1 aliphatic heterocycles. The summed E-state index contributed by atoms with van der Waals surface area (Å²) in [6, 6.07) is -0.383. The lowest BCUT2D eigenvalue weighted by Gasteiger charge is -2.32. The van der Waals surface area contributed by atoms with Crippen molar-refractivity contribution in [1.29, 1.82) is 0 Å². The lowest BCUT2D eigenvalue weighted by molar-refractivity contribution is -0.153. The molecule has 0 aromatic heterocycles. The summed E-state index contributed by atoms with van der Waals surface area (Å²) in [6.45, 7) is 2.22. The van der Waals surface area contributed by atoms with E-state index in [1.807, 2.05) is 6.92 Å². The quantitative estimate of drug-likeness (QED) is 0.292. The highest BCUT2D eigenvalue weighted by Gasteiger charge is 2.32. The van der Waals surface area contributed by atoms with Crippen LogP contribution in [0, 0.1) is 0 Å². The van der Waals surface area contributed by atoms with Crippen LogP contribution in [-0.4, -0.2) is 41.8 Å². The van der Waals surface area contributed by atoms with Gasteiger partial charge in [-0.15, -0.1) is 0 Å². The number of carbonyl (C=O) groups is 3. The normalized spacial score (nSPS) is 21.2. The van der Waals surface area contributed by atoms with Crippen molar-refractivity contribution in [3.63, 3.8) is 0 Å². The van der Waals surface area contributed by atoms with Crippen molar-refractivity contribution in [2.45, 2.75) is 25.8 Å². The van der Waals surface area contributed by atoms with Crippen LogP contribution in [0.2, 0.25) is 0 Å². The molecule has 1 unspecified atom stereocenters. The molecule has 0 saturated carbocycles. The average molecular weight is 244 g/mol. The van der Waals surface area contributed by atoms with Gasteiger partial charge in [-0.3, -0.25) is 24.6 Å². The second kappa shape index (κ2) is 6.28. The van der Waals surface area contributed by atoms with Gasteiger partial charge in [0.05, 0.1) is 19.0 Å². The molecule has 0 bridgehead atoms. The molecule has 17 heavy (non-hydrogen) atoms. The molecule has 1 atom stereocenters. The zero-order valence-corrected chi connectivity index (χ0v) is 9.56. The summed E-state index contributed by atoms with van der Waals surface area (Å²) in [5, 5.41) is 2.26. The standard InChI is InChI=1S/C9H16N4O4/c1-2-6-9(16)11-7(14)5-13(6)4-3-8(15)17-12-10/h6,12H,2-5,10H2,1H3,(H,11,14,16). The molecule has 2 amide bonds. The predicted octanol–water partition coefficient (Wildman–Crippen LogP) is -1.96. The van der Waals surface area contributed by atoms with E-state index in [2.05, 4.69) is 10.2 Å². The molecule has 4 N–H and O–H groups in total. The molecular formula is C9H16N4O4. The number of rotatable bonds is 5. The number of nitrogens with one attached hydrogen (secondary N) is 2. The van der Waals surface area contributed by atoms with Crippen LogP contribution in [0.1, 0.15) is 19.8 Å². The molecule has 1 aliphatic rings. The molecule has 1 saturated heterocycles. The number of piperazine rings is 1. The molecule has 0 radical (unpaired) electrons. The van der Waals surface area contributed by atoms with Crippen LogP contribution >= 0.6 is 0 Å². The van der Waals surface area contributed by atoms with Gasteiger partial charge < -0.3 is 4.84 Å². The van der Waals surface area contributed by atoms with Crippen molar-refractivity contribution >= 4 is 17.8 Å². The maximum Gasteiger partial charge on any atom is 0.327 e. The third-order valence-corrected chi connectivity index (χ3v) is 2.52. The second-order valence-electron chi connectivity index (χ2n) is 3.65. The Morgan fingerprint density at radius 1 is 1.65 bits per heavy atom. The number of imide groups is 1. The highest BCUT2D eigenvalue weighted by molar-refractivity contribution is 6.01. The molecule has 1 rings (SSSR count). The fourth-order valence-electron chi connectivity index (χ4n) is 1.75. The van der Waals surface area contributed by atoms with E-state index in [-0.39, 0.29) is 37.4 Å². The van der Waals surface area contributed by atoms with E-state index in [4.69, 9.17) is 5.84 Å². The van der Waals surface area contributed by atoms with Crippen LogP contribution in [0.4, 0.5) is 0 Å². The molecular weight excluding hydrogens is 228 g/mol. The minimum absolute atomic E-state index is 0.0568.